The molecule has 2 rings (SSSR count). The average Bonchev–Trinajstić information content (AvgIpc) is 2.66. The summed E-state index contributed by atoms with van der Waals surface area (Å²) in [4.78, 5) is 38.2. The first-order valence-corrected chi connectivity index (χ1v) is 10.1. The molecule has 162 valence electrons. The maximum Gasteiger partial charge on any atom is 0.303 e. The number of carbonyl (C=O) groups excluding carboxylic acids is 3. The summed E-state index contributed by atoms with van der Waals surface area (Å²) in [5.74, 6) is -1.87. The molecular formula is C18H20ClN3O7S. The van der Waals surface area contributed by atoms with Gasteiger partial charge in [0.05, 0.1) is 0 Å². The van der Waals surface area contributed by atoms with Crippen LogP contribution in [0.4, 0.5) is 0 Å². The van der Waals surface area contributed by atoms with Crippen LogP contribution >= 0.6 is 23.4 Å². The molecule has 0 unspecified atom stereocenters. The zero-order chi connectivity index (χ0) is 22.3. The lowest BCUT2D eigenvalue weighted by Gasteiger charge is -2.43. The third kappa shape index (κ3) is 6.81. The van der Waals surface area contributed by atoms with Crippen molar-refractivity contribution < 1.29 is 33.3 Å². The molecule has 1 aromatic carbocycles. The molecule has 0 amide bonds. The van der Waals surface area contributed by atoms with E-state index in [1.807, 2.05) is 0 Å². The first kappa shape index (κ1) is 23.8. The molecule has 0 radical (unpaired) electrons. The molecule has 12 heteroatoms. The van der Waals surface area contributed by atoms with Crippen LogP contribution in [0.2, 0.25) is 5.02 Å². The van der Waals surface area contributed by atoms with Gasteiger partial charge in [-0.25, -0.2) is 0 Å². The Bertz CT molecular complexity index is 832. The summed E-state index contributed by atoms with van der Waals surface area (Å²) in [5, 5.41) is 4.24. The van der Waals surface area contributed by atoms with Crippen LogP contribution in [0.25, 0.3) is 10.4 Å². The van der Waals surface area contributed by atoms with Crippen molar-refractivity contribution in [1.82, 2.24) is 0 Å². The minimum atomic E-state index is -1.14. The predicted octanol–water partition coefficient (Wildman–Crippen LogP) is 3.26. The fraction of sp³-hybridized carbons (Fsp3) is 0.500. The van der Waals surface area contributed by atoms with Crippen LogP contribution in [0.15, 0.2) is 34.3 Å². The molecule has 10 nitrogen and oxygen atoms in total. The lowest BCUT2D eigenvalue weighted by molar-refractivity contribution is -0.201. The molecule has 1 heterocycles. The molecular weight excluding hydrogens is 438 g/mol. The first-order valence-electron chi connectivity index (χ1n) is 8.81. The summed E-state index contributed by atoms with van der Waals surface area (Å²) >= 11 is 7.11. The summed E-state index contributed by atoms with van der Waals surface area (Å²) < 4.78 is 21.7. The Morgan fingerprint density at radius 1 is 1.10 bits per heavy atom. The van der Waals surface area contributed by atoms with Gasteiger partial charge in [-0.15, -0.1) is 0 Å². The van der Waals surface area contributed by atoms with Gasteiger partial charge in [0.15, 0.2) is 0 Å². The quantitative estimate of drug-likeness (QED) is 0.200. The van der Waals surface area contributed by atoms with E-state index in [1.54, 1.807) is 24.3 Å². The van der Waals surface area contributed by atoms with E-state index in [0.29, 0.717) is 5.02 Å². The van der Waals surface area contributed by atoms with Crippen molar-refractivity contribution in [1.29, 1.82) is 0 Å². The fourth-order valence-electron chi connectivity index (χ4n) is 2.82. The van der Waals surface area contributed by atoms with Crippen molar-refractivity contribution in [2.45, 2.75) is 55.5 Å². The number of rotatable bonds is 7. The third-order valence-corrected chi connectivity index (χ3v) is 5.33. The molecule has 0 aliphatic carbocycles. The number of esters is 3. The molecule has 1 fully saturated rings. The van der Waals surface area contributed by atoms with E-state index in [0.717, 1.165) is 4.90 Å². The van der Waals surface area contributed by atoms with E-state index in [2.05, 4.69) is 10.0 Å². The highest BCUT2D eigenvalue weighted by molar-refractivity contribution is 7.99. The van der Waals surface area contributed by atoms with Crippen LogP contribution in [0.1, 0.15) is 20.8 Å². The number of halogens is 1. The topological polar surface area (TPSA) is 137 Å². The van der Waals surface area contributed by atoms with Crippen LogP contribution in [0.3, 0.4) is 0 Å². The van der Waals surface area contributed by atoms with E-state index >= 15 is 0 Å². The van der Waals surface area contributed by atoms with Crippen molar-refractivity contribution in [3.63, 3.8) is 0 Å². The first-order chi connectivity index (χ1) is 14.2. The number of carbonyl (C=O) groups is 3. The molecule has 1 aromatic rings. The number of hydrogen-bond donors (Lipinski definition) is 0. The summed E-state index contributed by atoms with van der Waals surface area (Å²) in [6, 6.07) is 5.72. The van der Waals surface area contributed by atoms with Gasteiger partial charge in [0.25, 0.3) is 0 Å². The Balaban J connectivity index is 2.41. The highest BCUT2D eigenvalue weighted by Gasteiger charge is 2.50. The second-order valence-electron chi connectivity index (χ2n) is 6.26. The van der Waals surface area contributed by atoms with Crippen molar-refractivity contribution in [2.75, 3.05) is 6.61 Å². The van der Waals surface area contributed by atoms with Crippen LogP contribution < -0.4 is 0 Å². The van der Waals surface area contributed by atoms with Crippen molar-refractivity contribution in [2.24, 2.45) is 5.11 Å². The van der Waals surface area contributed by atoms with E-state index in [-0.39, 0.29) is 6.61 Å². The Morgan fingerprint density at radius 3 is 2.23 bits per heavy atom. The number of thioether (sulfide) groups is 1. The monoisotopic (exact) mass is 457 g/mol. The largest absolute Gasteiger partial charge is 0.463 e. The summed E-state index contributed by atoms with van der Waals surface area (Å²) in [5.41, 5.74) is 8.21. The third-order valence-electron chi connectivity index (χ3n) is 3.92. The molecule has 0 bridgehead atoms. The van der Waals surface area contributed by atoms with Gasteiger partial charge in [0.2, 0.25) is 0 Å². The second-order valence-corrected chi connectivity index (χ2v) is 7.87. The van der Waals surface area contributed by atoms with E-state index in [4.69, 9.17) is 36.1 Å². The molecule has 1 aliphatic heterocycles. The number of azide groups is 1. The highest BCUT2D eigenvalue weighted by Crippen LogP contribution is 2.37. The molecule has 0 saturated carbocycles. The SMILES string of the molecule is CC(=O)OC[C@H]1O[C@H](Sc2ccc(Cl)cc2)[C@H](OC(C)=O)[C@@H](N=[N+]=[N-])[C@H]1OC(C)=O. The minimum Gasteiger partial charge on any atom is -0.463 e. The normalized spacial score (nSPS) is 25.5. The van der Waals surface area contributed by atoms with Crippen LogP contribution in [0.5, 0.6) is 0 Å². The van der Waals surface area contributed by atoms with E-state index in [1.165, 1.54) is 32.5 Å². The van der Waals surface area contributed by atoms with Gasteiger partial charge in [0, 0.05) is 35.6 Å². The van der Waals surface area contributed by atoms with Gasteiger partial charge < -0.3 is 18.9 Å². The predicted molar refractivity (Wildman–Crippen MR) is 107 cm³/mol. The molecule has 1 aliphatic rings. The number of hydrogen-bond acceptors (Lipinski definition) is 9. The van der Waals surface area contributed by atoms with Gasteiger partial charge in [0.1, 0.15) is 36.4 Å². The van der Waals surface area contributed by atoms with Crippen LogP contribution in [-0.2, 0) is 33.3 Å². The molecule has 30 heavy (non-hydrogen) atoms. The second kappa shape index (κ2) is 11.1. The summed E-state index contributed by atoms with van der Waals surface area (Å²) in [6.07, 6.45) is -3.16. The van der Waals surface area contributed by atoms with E-state index in [9.17, 15) is 14.4 Å². The lowest BCUT2D eigenvalue weighted by Crippen LogP contribution is -2.59. The van der Waals surface area contributed by atoms with Gasteiger partial charge in [-0.05, 0) is 29.8 Å². The van der Waals surface area contributed by atoms with Crippen LogP contribution in [-0.4, -0.2) is 54.3 Å². The lowest BCUT2D eigenvalue weighted by atomic mass is 9.97. The van der Waals surface area contributed by atoms with Gasteiger partial charge in [-0.1, -0.05) is 28.5 Å². The zero-order valence-corrected chi connectivity index (χ0v) is 18.0. The smallest absolute Gasteiger partial charge is 0.303 e. The molecule has 0 N–H and O–H groups in total. The van der Waals surface area contributed by atoms with Crippen molar-refractivity contribution in [3.05, 3.63) is 39.7 Å². The molecule has 0 spiro atoms. The molecule has 0 aromatic heterocycles. The van der Waals surface area contributed by atoms with Gasteiger partial charge in [-0.3, -0.25) is 14.4 Å². The number of ether oxygens (including phenoxy) is 4. The summed E-state index contributed by atoms with van der Waals surface area (Å²) in [7, 11) is 0. The Hall–Kier alpha value is -2.46. The zero-order valence-electron chi connectivity index (χ0n) is 16.4. The average molecular weight is 458 g/mol. The Kier molecular flexibility index (Phi) is 8.79. The number of nitrogens with zero attached hydrogens (tertiary/aromatic N) is 3. The minimum absolute atomic E-state index is 0.255. The molecule has 5 atom stereocenters. The maximum absolute atomic E-state index is 11.7. The van der Waals surface area contributed by atoms with Gasteiger partial charge in [-0.2, -0.15) is 0 Å². The Morgan fingerprint density at radius 2 is 1.70 bits per heavy atom. The molecule has 1 saturated heterocycles. The summed E-state index contributed by atoms with van der Waals surface area (Å²) in [6.45, 7) is 3.33. The van der Waals surface area contributed by atoms with Crippen molar-refractivity contribution in [3.8, 4) is 0 Å². The standard InChI is InChI=1S/C18H20ClN3O7S/c1-9(23)26-8-14-16(27-10(2)24)15(21-22-20)17(28-11(3)25)18(29-14)30-13-6-4-12(19)5-7-13/h4-7,14-18H,8H2,1-3H3/t14-,15+,16+,17-,18-/m1/s1. The van der Waals surface area contributed by atoms with Crippen LogP contribution in [0, 0.1) is 0 Å². The van der Waals surface area contributed by atoms with E-state index < -0.39 is 47.7 Å². The fourth-order valence-corrected chi connectivity index (χ4v) is 4.05. The van der Waals surface area contributed by atoms with Gasteiger partial charge >= 0.3 is 17.9 Å². The number of benzene rings is 1. The maximum atomic E-state index is 11.7. The highest BCUT2D eigenvalue weighted by atomic mass is 35.5. The van der Waals surface area contributed by atoms with Crippen molar-refractivity contribution >= 4 is 41.3 Å². The Labute approximate surface area is 181 Å².